The van der Waals surface area contributed by atoms with Crippen LogP contribution in [-0.4, -0.2) is 33.4 Å². The van der Waals surface area contributed by atoms with Crippen molar-refractivity contribution in [1.82, 2.24) is 14.9 Å². The van der Waals surface area contributed by atoms with Gasteiger partial charge in [0.05, 0.1) is 17.4 Å². The van der Waals surface area contributed by atoms with Gasteiger partial charge in [-0.15, -0.1) is 0 Å². The summed E-state index contributed by atoms with van der Waals surface area (Å²) in [4.78, 5) is 34.0. The minimum absolute atomic E-state index is 0.138. The van der Waals surface area contributed by atoms with Gasteiger partial charge in [0.2, 0.25) is 0 Å². The number of hydrogen-bond donors (Lipinski definition) is 1. The van der Waals surface area contributed by atoms with Crippen LogP contribution in [0.4, 0.5) is 0 Å². The number of halogens is 1. The maximum atomic E-state index is 12.9. The molecule has 1 aliphatic rings. The van der Waals surface area contributed by atoms with E-state index in [0.717, 1.165) is 5.56 Å². The highest BCUT2D eigenvalue weighted by atomic mass is 35.5. The lowest BCUT2D eigenvalue weighted by molar-refractivity contribution is -0.138. The Kier molecular flexibility index (Phi) is 4.58. The third-order valence-corrected chi connectivity index (χ3v) is 4.90. The van der Waals surface area contributed by atoms with Gasteiger partial charge in [0.1, 0.15) is 11.6 Å². The van der Waals surface area contributed by atoms with Crippen LogP contribution in [0.2, 0.25) is 5.02 Å². The first-order valence-corrected chi connectivity index (χ1v) is 9.14. The predicted octanol–water partition coefficient (Wildman–Crippen LogP) is 2.93. The zero-order valence-corrected chi connectivity index (χ0v) is 15.5. The van der Waals surface area contributed by atoms with E-state index < -0.39 is 6.10 Å². The number of carbonyl (C=O) groups is 1. The Hall–Kier alpha value is -2.86. The Labute approximate surface area is 160 Å². The second kappa shape index (κ2) is 7.04. The van der Waals surface area contributed by atoms with Gasteiger partial charge < -0.3 is 14.6 Å². The van der Waals surface area contributed by atoms with Crippen LogP contribution in [0.3, 0.4) is 0 Å². The van der Waals surface area contributed by atoms with Crippen molar-refractivity contribution >= 4 is 28.4 Å². The van der Waals surface area contributed by atoms with Gasteiger partial charge in [-0.05, 0) is 42.8 Å². The molecular weight excluding hydrogens is 366 g/mol. The summed E-state index contributed by atoms with van der Waals surface area (Å²) in [5.74, 6) is 0.999. The highest BCUT2D eigenvalue weighted by Crippen LogP contribution is 2.31. The Bertz CT molecular complexity index is 1080. The Morgan fingerprint density at radius 3 is 2.96 bits per heavy atom. The van der Waals surface area contributed by atoms with E-state index in [-0.39, 0.29) is 18.0 Å². The number of nitrogens with zero attached hydrogens (tertiary/aromatic N) is 2. The quantitative estimate of drug-likeness (QED) is 0.751. The summed E-state index contributed by atoms with van der Waals surface area (Å²) < 4.78 is 5.80. The number of para-hydroxylation sites is 1. The van der Waals surface area contributed by atoms with Crippen molar-refractivity contribution in [2.24, 2.45) is 0 Å². The van der Waals surface area contributed by atoms with E-state index in [0.29, 0.717) is 40.5 Å². The van der Waals surface area contributed by atoms with Crippen LogP contribution in [-0.2, 0) is 17.8 Å². The lowest BCUT2D eigenvalue weighted by Gasteiger charge is -2.23. The van der Waals surface area contributed by atoms with Gasteiger partial charge in [-0.2, -0.15) is 0 Å². The Morgan fingerprint density at radius 1 is 1.33 bits per heavy atom. The number of carbonyl (C=O) groups excluding carboxylic acids is 1. The van der Waals surface area contributed by atoms with Gasteiger partial charge >= 0.3 is 0 Å². The molecular formula is C20H18ClN3O3. The average molecular weight is 384 g/mol. The zero-order chi connectivity index (χ0) is 19.0. The number of aromatic amines is 1. The van der Waals surface area contributed by atoms with Crippen LogP contribution >= 0.6 is 11.6 Å². The number of fused-ring (bicyclic) bond motifs is 2. The molecule has 1 aromatic heterocycles. The van der Waals surface area contributed by atoms with Gasteiger partial charge in [0.25, 0.3) is 11.5 Å². The topological polar surface area (TPSA) is 75.3 Å². The van der Waals surface area contributed by atoms with E-state index >= 15 is 0 Å². The van der Waals surface area contributed by atoms with E-state index in [2.05, 4.69) is 9.97 Å². The largest absolute Gasteiger partial charge is 0.480 e. The second-order valence-electron chi connectivity index (χ2n) is 6.44. The number of benzene rings is 2. The van der Waals surface area contributed by atoms with Gasteiger partial charge in [-0.3, -0.25) is 9.59 Å². The molecule has 0 saturated carbocycles. The van der Waals surface area contributed by atoms with Gasteiger partial charge in [-0.1, -0.05) is 23.7 Å². The lowest BCUT2D eigenvalue weighted by atomic mass is 10.1. The highest BCUT2D eigenvalue weighted by Gasteiger charge is 2.32. The monoisotopic (exact) mass is 383 g/mol. The maximum Gasteiger partial charge on any atom is 0.264 e. The molecule has 0 bridgehead atoms. The zero-order valence-electron chi connectivity index (χ0n) is 14.7. The van der Waals surface area contributed by atoms with Crippen molar-refractivity contribution in [3.63, 3.8) is 0 Å². The molecule has 0 spiro atoms. The third kappa shape index (κ3) is 3.40. The molecule has 0 saturated heterocycles. The first-order valence-electron chi connectivity index (χ1n) is 8.77. The fraction of sp³-hybridized carbons (Fsp3) is 0.250. The molecule has 0 aliphatic carbocycles. The van der Waals surface area contributed by atoms with E-state index in [9.17, 15) is 9.59 Å². The number of hydrogen-bond acceptors (Lipinski definition) is 4. The van der Waals surface area contributed by atoms with Crippen molar-refractivity contribution in [3.8, 4) is 5.75 Å². The summed E-state index contributed by atoms with van der Waals surface area (Å²) in [5.41, 5.74) is 1.33. The van der Waals surface area contributed by atoms with Gasteiger partial charge in [0, 0.05) is 18.0 Å². The molecule has 1 atom stereocenters. The van der Waals surface area contributed by atoms with Crippen LogP contribution in [0.15, 0.2) is 47.3 Å². The Balaban J connectivity index is 1.54. The summed E-state index contributed by atoms with van der Waals surface area (Å²) >= 11 is 6.02. The molecule has 27 heavy (non-hydrogen) atoms. The van der Waals surface area contributed by atoms with Crippen LogP contribution in [0, 0.1) is 0 Å². The molecule has 0 fully saturated rings. The summed E-state index contributed by atoms with van der Waals surface area (Å²) in [6, 6.07) is 12.5. The summed E-state index contributed by atoms with van der Waals surface area (Å²) in [7, 11) is 0. The van der Waals surface area contributed by atoms with Crippen molar-refractivity contribution < 1.29 is 9.53 Å². The molecule has 1 aliphatic heterocycles. The minimum atomic E-state index is -0.592. The van der Waals surface area contributed by atoms with Crippen molar-refractivity contribution in [1.29, 1.82) is 0 Å². The number of ether oxygens (including phenoxy) is 1. The average Bonchev–Trinajstić information content (AvgIpc) is 3.09. The molecule has 7 heteroatoms. The van der Waals surface area contributed by atoms with E-state index in [4.69, 9.17) is 16.3 Å². The molecule has 138 valence electrons. The minimum Gasteiger partial charge on any atom is -0.480 e. The molecule has 4 rings (SSSR count). The van der Waals surface area contributed by atoms with Crippen LogP contribution in [0.5, 0.6) is 5.75 Å². The van der Waals surface area contributed by atoms with Crippen LogP contribution in [0.25, 0.3) is 10.9 Å². The number of rotatable bonds is 4. The standard InChI is InChI=1S/C20H18ClN3O3/c1-2-24(11-18-22-15-6-4-3-5-14(15)19(25)23-18)20(26)17-10-12-9-13(21)7-8-16(12)27-17/h3-9,17H,2,10-11H2,1H3,(H,22,23,25). The molecule has 3 aromatic rings. The number of nitrogens with one attached hydrogen (secondary N) is 1. The first kappa shape index (κ1) is 17.5. The Morgan fingerprint density at radius 2 is 2.15 bits per heavy atom. The molecule has 6 nitrogen and oxygen atoms in total. The number of aromatic nitrogens is 2. The smallest absolute Gasteiger partial charge is 0.264 e. The summed E-state index contributed by atoms with van der Waals surface area (Å²) in [5, 5.41) is 1.15. The number of H-pyrrole nitrogens is 1. The molecule has 1 unspecified atom stereocenters. The van der Waals surface area contributed by atoms with E-state index in [1.54, 1.807) is 35.2 Å². The lowest BCUT2D eigenvalue weighted by Crippen LogP contribution is -2.41. The van der Waals surface area contributed by atoms with Crippen molar-refractivity contribution in [2.45, 2.75) is 26.0 Å². The fourth-order valence-corrected chi connectivity index (χ4v) is 3.49. The molecule has 2 aromatic carbocycles. The SMILES string of the molecule is CCN(Cc1nc2ccccc2c(=O)[nH]1)C(=O)C1Cc2cc(Cl)ccc2O1. The van der Waals surface area contributed by atoms with Gasteiger partial charge in [-0.25, -0.2) is 4.98 Å². The fourth-order valence-electron chi connectivity index (χ4n) is 3.29. The maximum absolute atomic E-state index is 12.9. The molecule has 2 heterocycles. The highest BCUT2D eigenvalue weighted by molar-refractivity contribution is 6.30. The van der Waals surface area contributed by atoms with Crippen LogP contribution in [0.1, 0.15) is 18.3 Å². The van der Waals surface area contributed by atoms with Crippen molar-refractivity contribution in [2.75, 3.05) is 6.54 Å². The molecule has 1 N–H and O–H groups in total. The third-order valence-electron chi connectivity index (χ3n) is 4.67. The van der Waals surface area contributed by atoms with E-state index in [1.807, 2.05) is 19.1 Å². The van der Waals surface area contributed by atoms with Gasteiger partial charge in [0.15, 0.2) is 6.10 Å². The van der Waals surface area contributed by atoms with Crippen molar-refractivity contribution in [3.05, 3.63) is 69.2 Å². The molecule has 0 radical (unpaired) electrons. The van der Waals surface area contributed by atoms with E-state index in [1.165, 1.54) is 0 Å². The second-order valence-corrected chi connectivity index (χ2v) is 6.88. The van der Waals surface area contributed by atoms with Crippen LogP contribution < -0.4 is 10.3 Å². The number of likely N-dealkylation sites (N-methyl/N-ethyl adjacent to an activating group) is 1. The first-order chi connectivity index (χ1) is 13.0. The summed E-state index contributed by atoms with van der Waals surface area (Å²) in [6.07, 6.45) is -0.113. The molecule has 1 amide bonds. The predicted molar refractivity (Wildman–Crippen MR) is 103 cm³/mol. The number of amides is 1. The summed E-state index contributed by atoms with van der Waals surface area (Å²) in [6.45, 7) is 2.58. The normalized spacial score (nSPS) is 15.4.